The highest BCUT2D eigenvalue weighted by Gasteiger charge is 2.31. The Balaban J connectivity index is 2.74. The van der Waals surface area contributed by atoms with Crippen molar-refractivity contribution in [2.24, 2.45) is 5.41 Å². The third kappa shape index (κ3) is 3.44. The maximum Gasteiger partial charge on any atom is 0.0599 e. The SMILES string of the molecule is CCC(C)N1CC(C)(C)CNCC1CO. The van der Waals surface area contributed by atoms with Crippen LogP contribution < -0.4 is 5.32 Å². The summed E-state index contributed by atoms with van der Waals surface area (Å²) in [4.78, 5) is 2.46. The highest BCUT2D eigenvalue weighted by atomic mass is 16.3. The van der Waals surface area contributed by atoms with Gasteiger partial charge in [-0.2, -0.15) is 0 Å². The number of nitrogens with one attached hydrogen (secondary N) is 1. The van der Waals surface area contributed by atoms with Crippen LogP contribution in [0.5, 0.6) is 0 Å². The van der Waals surface area contributed by atoms with Gasteiger partial charge in [0, 0.05) is 31.7 Å². The second kappa shape index (κ2) is 5.28. The Hall–Kier alpha value is -0.120. The fourth-order valence-corrected chi connectivity index (χ4v) is 2.29. The number of hydrogen-bond acceptors (Lipinski definition) is 3. The molecule has 2 unspecified atom stereocenters. The zero-order chi connectivity index (χ0) is 11.5. The van der Waals surface area contributed by atoms with Crippen molar-refractivity contribution >= 4 is 0 Å². The lowest BCUT2D eigenvalue weighted by atomic mass is 9.92. The van der Waals surface area contributed by atoms with Crippen LogP contribution in [0.4, 0.5) is 0 Å². The van der Waals surface area contributed by atoms with E-state index in [4.69, 9.17) is 0 Å². The fraction of sp³-hybridized carbons (Fsp3) is 1.00. The van der Waals surface area contributed by atoms with Gasteiger partial charge in [-0.05, 0) is 18.8 Å². The van der Waals surface area contributed by atoms with Crippen molar-refractivity contribution in [2.75, 3.05) is 26.2 Å². The van der Waals surface area contributed by atoms with Gasteiger partial charge in [-0.15, -0.1) is 0 Å². The Morgan fingerprint density at radius 3 is 2.73 bits per heavy atom. The largest absolute Gasteiger partial charge is 0.395 e. The van der Waals surface area contributed by atoms with Crippen molar-refractivity contribution in [3.05, 3.63) is 0 Å². The van der Waals surface area contributed by atoms with Crippen molar-refractivity contribution in [3.63, 3.8) is 0 Å². The van der Waals surface area contributed by atoms with E-state index >= 15 is 0 Å². The van der Waals surface area contributed by atoms with E-state index in [1.165, 1.54) is 0 Å². The van der Waals surface area contributed by atoms with E-state index in [0.717, 1.165) is 26.1 Å². The first kappa shape index (κ1) is 12.9. The van der Waals surface area contributed by atoms with E-state index in [-0.39, 0.29) is 12.6 Å². The number of aliphatic hydroxyl groups excluding tert-OH is 1. The molecule has 1 fully saturated rings. The summed E-state index contributed by atoms with van der Waals surface area (Å²) in [6.07, 6.45) is 1.15. The third-order valence-corrected chi connectivity index (χ3v) is 3.43. The molecule has 0 aromatic heterocycles. The van der Waals surface area contributed by atoms with Gasteiger partial charge in [0.15, 0.2) is 0 Å². The summed E-state index contributed by atoms with van der Waals surface area (Å²) < 4.78 is 0. The second-order valence-electron chi connectivity index (χ2n) is 5.56. The third-order valence-electron chi connectivity index (χ3n) is 3.43. The van der Waals surface area contributed by atoms with Gasteiger partial charge >= 0.3 is 0 Å². The lowest BCUT2D eigenvalue weighted by molar-refractivity contribution is 0.0722. The molecule has 0 amide bonds. The average Bonchev–Trinajstić information content (AvgIpc) is 2.35. The van der Waals surface area contributed by atoms with Crippen molar-refractivity contribution < 1.29 is 5.11 Å². The molecule has 1 saturated heterocycles. The van der Waals surface area contributed by atoms with E-state index in [1.807, 2.05) is 0 Å². The smallest absolute Gasteiger partial charge is 0.0599 e. The maximum absolute atomic E-state index is 9.42. The molecule has 1 aliphatic rings. The number of aliphatic hydroxyl groups is 1. The molecule has 3 heteroatoms. The molecule has 15 heavy (non-hydrogen) atoms. The molecule has 1 heterocycles. The van der Waals surface area contributed by atoms with Crippen molar-refractivity contribution in [1.82, 2.24) is 10.2 Å². The monoisotopic (exact) mass is 214 g/mol. The molecule has 0 spiro atoms. The van der Waals surface area contributed by atoms with Gasteiger partial charge in [0.2, 0.25) is 0 Å². The highest BCUT2D eigenvalue weighted by Crippen LogP contribution is 2.22. The molecule has 2 atom stereocenters. The predicted octanol–water partition coefficient (Wildman–Crippen LogP) is 1.08. The zero-order valence-electron chi connectivity index (χ0n) is 10.6. The summed E-state index contributed by atoms with van der Waals surface area (Å²) in [6.45, 7) is 12.3. The first-order valence-corrected chi connectivity index (χ1v) is 6.07. The van der Waals surface area contributed by atoms with Crippen LogP contribution in [0.25, 0.3) is 0 Å². The fourth-order valence-electron chi connectivity index (χ4n) is 2.29. The molecular formula is C12H26N2O. The maximum atomic E-state index is 9.42. The van der Waals surface area contributed by atoms with Crippen LogP contribution in [0.2, 0.25) is 0 Å². The minimum Gasteiger partial charge on any atom is -0.395 e. The van der Waals surface area contributed by atoms with Crippen LogP contribution >= 0.6 is 0 Å². The van der Waals surface area contributed by atoms with E-state index < -0.39 is 0 Å². The first-order valence-electron chi connectivity index (χ1n) is 6.07. The summed E-state index contributed by atoms with van der Waals surface area (Å²) >= 11 is 0. The van der Waals surface area contributed by atoms with Gasteiger partial charge in [0.05, 0.1) is 6.61 Å². The summed E-state index contributed by atoms with van der Waals surface area (Å²) in [6, 6.07) is 0.836. The normalized spacial score (nSPS) is 29.8. The lowest BCUT2D eigenvalue weighted by Gasteiger charge is -2.37. The Bertz CT molecular complexity index is 194. The molecule has 0 saturated carbocycles. The second-order valence-corrected chi connectivity index (χ2v) is 5.56. The van der Waals surface area contributed by atoms with Crippen LogP contribution in [-0.2, 0) is 0 Å². The number of hydrogen-bond donors (Lipinski definition) is 2. The van der Waals surface area contributed by atoms with Crippen molar-refractivity contribution in [3.8, 4) is 0 Å². The van der Waals surface area contributed by atoms with E-state index in [0.29, 0.717) is 11.5 Å². The standard InChI is InChI=1S/C12H26N2O/c1-5-10(2)14-9-12(3,4)8-13-6-11(14)7-15/h10-11,13,15H,5-9H2,1-4H3. The molecule has 0 bridgehead atoms. The predicted molar refractivity (Wildman–Crippen MR) is 64.0 cm³/mol. The molecule has 0 aromatic rings. The van der Waals surface area contributed by atoms with Gasteiger partial charge in [-0.1, -0.05) is 20.8 Å². The van der Waals surface area contributed by atoms with Crippen molar-refractivity contribution in [1.29, 1.82) is 0 Å². The quantitative estimate of drug-likeness (QED) is 0.738. The van der Waals surface area contributed by atoms with E-state index in [2.05, 4.69) is 37.9 Å². The average molecular weight is 214 g/mol. The van der Waals surface area contributed by atoms with Gasteiger partial charge in [0.1, 0.15) is 0 Å². The van der Waals surface area contributed by atoms with Crippen LogP contribution in [0.15, 0.2) is 0 Å². The molecule has 1 aliphatic heterocycles. The minimum absolute atomic E-state index is 0.257. The summed E-state index contributed by atoms with van der Waals surface area (Å²) in [5.41, 5.74) is 0.299. The highest BCUT2D eigenvalue weighted by molar-refractivity contribution is 4.88. The molecule has 90 valence electrons. The first-order chi connectivity index (χ1) is 7.00. The summed E-state index contributed by atoms with van der Waals surface area (Å²) in [5.74, 6) is 0. The Labute approximate surface area is 93.9 Å². The van der Waals surface area contributed by atoms with Crippen LogP contribution in [-0.4, -0.2) is 48.3 Å². The Kier molecular flexibility index (Phi) is 4.56. The molecule has 3 nitrogen and oxygen atoms in total. The molecule has 0 aromatic carbocycles. The molecule has 1 rings (SSSR count). The van der Waals surface area contributed by atoms with Gasteiger partial charge in [0.25, 0.3) is 0 Å². The molecular weight excluding hydrogens is 188 g/mol. The Morgan fingerprint density at radius 2 is 2.20 bits per heavy atom. The number of nitrogens with zero attached hydrogens (tertiary/aromatic N) is 1. The topological polar surface area (TPSA) is 35.5 Å². The molecule has 2 N–H and O–H groups in total. The van der Waals surface area contributed by atoms with Crippen molar-refractivity contribution in [2.45, 2.75) is 46.2 Å². The zero-order valence-corrected chi connectivity index (χ0v) is 10.6. The number of rotatable bonds is 3. The van der Waals surface area contributed by atoms with Gasteiger partial charge in [-0.25, -0.2) is 0 Å². The van der Waals surface area contributed by atoms with Gasteiger partial charge in [-0.3, -0.25) is 4.90 Å². The van der Waals surface area contributed by atoms with Crippen LogP contribution in [0.1, 0.15) is 34.1 Å². The lowest BCUT2D eigenvalue weighted by Crippen LogP contribution is -2.48. The van der Waals surface area contributed by atoms with Crippen LogP contribution in [0, 0.1) is 5.41 Å². The van der Waals surface area contributed by atoms with E-state index in [1.54, 1.807) is 0 Å². The summed E-state index contributed by atoms with van der Waals surface area (Å²) in [5, 5.41) is 12.9. The van der Waals surface area contributed by atoms with Gasteiger partial charge < -0.3 is 10.4 Å². The Morgan fingerprint density at radius 1 is 1.53 bits per heavy atom. The van der Waals surface area contributed by atoms with Crippen LogP contribution in [0.3, 0.4) is 0 Å². The molecule has 0 aliphatic carbocycles. The minimum atomic E-state index is 0.257. The van der Waals surface area contributed by atoms with E-state index in [9.17, 15) is 5.11 Å². The molecule has 0 radical (unpaired) electrons. The summed E-state index contributed by atoms with van der Waals surface area (Å²) in [7, 11) is 0.